The molecule has 5 heteroatoms. The lowest BCUT2D eigenvalue weighted by Gasteiger charge is -2.34. The number of fused-ring (bicyclic) bond motifs is 1. The number of nitrogens with one attached hydrogen (secondary N) is 1. The molecule has 0 saturated heterocycles. The molecule has 1 N–H and O–H groups in total. The van der Waals surface area contributed by atoms with E-state index < -0.39 is 0 Å². The Bertz CT molecular complexity index is 697. The SMILES string of the molecule is C=Cc1csc(C2=CC(=O)C3=CC=C(OC)C(C)C3N2)n1. The van der Waals surface area contributed by atoms with Gasteiger partial charge in [0, 0.05) is 22.9 Å². The molecule has 2 aliphatic rings. The molecule has 0 bridgehead atoms. The highest BCUT2D eigenvalue weighted by atomic mass is 32.1. The smallest absolute Gasteiger partial charge is 0.186 e. The summed E-state index contributed by atoms with van der Waals surface area (Å²) in [5, 5.41) is 6.14. The van der Waals surface area contributed by atoms with Gasteiger partial charge in [-0.15, -0.1) is 11.3 Å². The van der Waals surface area contributed by atoms with Crippen LogP contribution in [-0.4, -0.2) is 23.9 Å². The van der Waals surface area contributed by atoms with Gasteiger partial charge in [0.2, 0.25) is 0 Å². The first-order valence-corrected chi connectivity index (χ1v) is 7.58. The largest absolute Gasteiger partial charge is 0.501 e. The molecule has 1 aromatic heterocycles. The van der Waals surface area contributed by atoms with E-state index in [1.807, 2.05) is 24.5 Å². The molecule has 0 aromatic carbocycles. The van der Waals surface area contributed by atoms with Crippen LogP contribution in [0.25, 0.3) is 11.8 Å². The van der Waals surface area contributed by atoms with Gasteiger partial charge in [-0.25, -0.2) is 4.98 Å². The summed E-state index contributed by atoms with van der Waals surface area (Å²) in [6.07, 6.45) is 7.02. The van der Waals surface area contributed by atoms with Crippen molar-refractivity contribution in [3.63, 3.8) is 0 Å². The fourth-order valence-corrected chi connectivity index (χ4v) is 3.39. The molecule has 4 nitrogen and oxygen atoms in total. The lowest BCUT2D eigenvalue weighted by atomic mass is 9.83. The molecule has 0 spiro atoms. The maximum Gasteiger partial charge on any atom is 0.186 e. The average Bonchev–Trinajstić information content (AvgIpc) is 2.97. The Morgan fingerprint density at radius 1 is 1.48 bits per heavy atom. The molecule has 2 atom stereocenters. The second-order valence-electron chi connectivity index (χ2n) is 5.01. The zero-order valence-electron chi connectivity index (χ0n) is 11.9. The number of hydrogen-bond acceptors (Lipinski definition) is 5. The molecular formula is C16H16N2O2S. The first kappa shape index (κ1) is 13.8. The van der Waals surface area contributed by atoms with Crippen molar-refractivity contribution in [3.05, 3.63) is 52.2 Å². The third-order valence-electron chi connectivity index (χ3n) is 3.78. The first-order valence-electron chi connectivity index (χ1n) is 6.70. The maximum atomic E-state index is 12.3. The van der Waals surface area contributed by atoms with Gasteiger partial charge in [0.15, 0.2) is 5.78 Å². The lowest BCUT2D eigenvalue weighted by molar-refractivity contribution is -0.112. The van der Waals surface area contributed by atoms with Crippen LogP contribution in [0.1, 0.15) is 17.6 Å². The van der Waals surface area contributed by atoms with Crippen LogP contribution < -0.4 is 5.32 Å². The number of methoxy groups -OCH3 is 1. The highest BCUT2D eigenvalue weighted by molar-refractivity contribution is 7.10. The predicted octanol–water partition coefficient (Wildman–Crippen LogP) is 2.77. The number of ether oxygens (including phenoxy) is 1. The number of allylic oxidation sites excluding steroid dienone is 3. The third kappa shape index (κ3) is 2.34. The highest BCUT2D eigenvalue weighted by Crippen LogP contribution is 2.32. The number of ketones is 1. The van der Waals surface area contributed by atoms with Gasteiger partial charge in [-0.3, -0.25) is 4.79 Å². The van der Waals surface area contributed by atoms with Crippen LogP contribution in [0, 0.1) is 5.92 Å². The molecule has 0 amide bonds. The highest BCUT2D eigenvalue weighted by Gasteiger charge is 2.35. The molecule has 0 fully saturated rings. The van der Waals surface area contributed by atoms with Crippen LogP contribution in [0.3, 0.4) is 0 Å². The molecule has 0 radical (unpaired) electrons. The van der Waals surface area contributed by atoms with Crippen LogP contribution in [0.4, 0.5) is 0 Å². The van der Waals surface area contributed by atoms with Gasteiger partial charge in [0.25, 0.3) is 0 Å². The Kier molecular flexibility index (Phi) is 3.51. The van der Waals surface area contributed by atoms with E-state index in [-0.39, 0.29) is 17.7 Å². The van der Waals surface area contributed by atoms with E-state index in [1.165, 1.54) is 11.3 Å². The van der Waals surface area contributed by atoms with Crippen molar-refractivity contribution in [3.8, 4) is 0 Å². The number of thiazole rings is 1. The van der Waals surface area contributed by atoms with E-state index >= 15 is 0 Å². The molecule has 2 heterocycles. The standard InChI is InChI=1S/C16H16N2O2S/c1-4-10-8-21-16(17-10)12-7-13(19)11-5-6-14(20-3)9(2)15(11)18-12/h4-9,15,18H,1H2,2-3H3. The molecule has 1 aromatic rings. The topological polar surface area (TPSA) is 51.2 Å². The van der Waals surface area contributed by atoms with Crippen molar-refractivity contribution in [2.24, 2.45) is 5.92 Å². The van der Waals surface area contributed by atoms with E-state index in [0.29, 0.717) is 0 Å². The minimum atomic E-state index is -0.0754. The van der Waals surface area contributed by atoms with Gasteiger partial charge in [0.1, 0.15) is 10.8 Å². The minimum Gasteiger partial charge on any atom is -0.501 e. The van der Waals surface area contributed by atoms with E-state index in [1.54, 1.807) is 19.3 Å². The van der Waals surface area contributed by atoms with Crippen LogP contribution in [-0.2, 0) is 9.53 Å². The number of aromatic nitrogens is 1. The summed E-state index contributed by atoms with van der Waals surface area (Å²) in [5.74, 6) is 1.00. The fourth-order valence-electron chi connectivity index (χ4n) is 2.60. The van der Waals surface area contributed by atoms with Gasteiger partial charge in [-0.05, 0) is 18.2 Å². The Balaban J connectivity index is 1.95. The Labute approximate surface area is 127 Å². The second kappa shape index (κ2) is 5.33. The normalized spacial score (nSPS) is 24.3. The van der Waals surface area contributed by atoms with Crippen molar-refractivity contribution in [2.45, 2.75) is 13.0 Å². The van der Waals surface area contributed by atoms with Gasteiger partial charge >= 0.3 is 0 Å². The molecule has 3 rings (SSSR count). The predicted molar refractivity (Wildman–Crippen MR) is 84.5 cm³/mol. The van der Waals surface area contributed by atoms with Gasteiger partial charge in [-0.1, -0.05) is 13.5 Å². The van der Waals surface area contributed by atoms with Crippen LogP contribution in [0.5, 0.6) is 0 Å². The number of carbonyl (C=O) groups excluding carboxylic acids is 1. The lowest BCUT2D eigenvalue weighted by Crippen LogP contribution is -2.43. The molecule has 1 aliphatic carbocycles. The summed E-state index contributed by atoms with van der Waals surface area (Å²) in [4.78, 5) is 16.8. The molecule has 0 saturated carbocycles. The van der Waals surface area contributed by atoms with Crippen LogP contribution >= 0.6 is 11.3 Å². The molecule has 2 unspecified atom stereocenters. The quantitative estimate of drug-likeness (QED) is 0.932. The van der Waals surface area contributed by atoms with Gasteiger partial charge in [0.05, 0.1) is 24.5 Å². The summed E-state index contributed by atoms with van der Waals surface area (Å²) < 4.78 is 5.37. The van der Waals surface area contributed by atoms with E-state index in [0.717, 1.165) is 27.7 Å². The number of nitrogens with zero attached hydrogens (tertiary/aromatic N) is 1. The number of rotatable bonds is 3. The first-order chi connectivity index (χ1) is 10.1. The minimum absolute atomic E-state index is 0.0300. The second-order valence-corrected chi connectivity index (χ2v) is 5.87. The molecular weight excluding hydrogens is 284 g/mol. The van der Waals surface area contributed by atoms with Crippen molar-refractivity contribution in [1.82, 2.24) is 10.3 Å². The monoisotopic (exact) mass is 300 g/mol. The van der Waals surface area contributed by atoms with Crippen molar-refractivity contribution in [1.29, 1.82) is 0 Å². The van der Waals surface area contributed by atoms with Crippen molar-refractivity contribution < 1.29 is 9.53 Å². The Morgan fingerprint density at radius 2 is 2.29 bits per heavy atom. The summed E-state index contributed by atoms with van der Waals surface area (Å²) in [5.41, 5.74) is 2.36. The zero-order valence-corrected chi connectivity index (χ0v) is 12.7. The third-order valence-corrected chi connectivity index (χ3v) is 4.67. The van der Waals surface area contributed by atoms with Crippen molar-refractivity contribution >= 4 is 28.9 Å². The zero-order chi connectivity index (χ0) is 15.0. The van der Waals surface area contributed by atoms with E-state index in [2.05, 4.69) is 16.9 Å². The summed E-state index contributed by atoms with van der Waals surface area (Å²) in [6.45, 7) is 5.76. The Morgan fingerprint density at radius 3 is 2.95 bits per heavy atom. The maximum absolute atomic E-state index is 12.3. The molecule has 21 heavy (non-hydrogen) atoms. The molecule has 108 valence electrons. The average molecular weight is 300 g/mol. The van der Waals surface area contributed by atoms with E-state index in [4.69, 9.17) is 4.74 Å². The van der Waals surface area contributed by atoms with Gasteiger partial charge in [-0.2, -0.15) is 0 Å². The summed E-state index contributed by atoms with van der Waals surface area (Å²) in [6, 6.07) is -0.0754. The van der Waals surface area contributed by atoms with E-state index in [9.17, 15) is 4.79 Å². The van der Waals surface area contributed by atoms with Crippen molar-refractivity contribution in [2.75, 3.05) is 7.11 Å². The van der Waals surface area contributed by atoms with Crippen LogP contribution in [0.2, 0.25) is 0 Å². The molecule has 1 aliphatic heterocycles. The Hall–Kier alpha value is -2.14. The summed E-state index contributed by atoms with van der Waals surface area (Å²) in [7, 11) is 1.65. The summed E-state index contributed by atoms with van der Waals surface area (Å²) >= 11 is 1.50. The van der Waals surface area contributed by atoms with Crippen LogP contribution in [0.15, 0.2) is 41.5 Å². The number of carbonyl (C=O) groups is 1. The number of hydrogen-bond donors (Lipinski definition) is 1. The fraction of sp³-hybridized carbons (Fsp3) is 0.250. The van der Waals surface area contributed by atoms with Gasteiger partial charge < -0.3 is 10.1 Å².